The van der Waals surface area contributed by atoms with Crippen LogP contribution in [0.4, 0.5) is 0 Å². The fraction of sp³-hybridized carbons (Fsp3) is 0.875. The van der Waals surface area contributed by atoms with Gasteiger partial charge in [0.1, 0.15) is 6.04 Å². The summed E-state index contributed by atoms with van der Waals surface area (Å²) in [6.07, 6.45) is 7.48. The summed E-state index contributed by atoms with van der Waals surface area (Å²) in [6, 6.07) is -0.614. The summed E-state index contributed by atoms with van der Waals surface area (Å²) < 4.78 is 0. The van der Waals surface area contributed by atoms with Crippen molar-refractivity contribution in [2.24, 2.45) is 17.8 Å². The summed E-state index contributed by atoms with van der Waals surface area (Å²) in [7, 11) is 0. The lowest BCUT2D eigenvalue weighted by Crippen LogP contribution is -2.51. The molecule has 1 amide bonds. The first kappa shape index (κ1) is 15.3. The number of carbonyl (C=O) groups excluding carboxylic acids is 1. The van der Waals surface area contributed by atoms with E-state index in [-0.39, 0.29) is 11.8 Å². The van der Waals surface area contributed by atoms with Gasteiger partial charge in [-0.1, -0.05) is 39.5 Å². The van der Waals surface area contributed by atoms with Gasteiger partial charge in [0.2, 0.25) is 5.91 Å². The van der Waals surface area contributed by atoms with Crippen molar-refractivity contribution in [3.05, 3.63) is 0 Å². The zero-order valence-corrected chi connectivity index (χ0v) is 12.7. The Morgan fingerprint density at radius 2 is 1.90 bits per heavy atom. The molecule has 0 aromatic carbocycles. The number of piperidine rings is 1. The molecule has 3 atom stereocenters. The van der Waals surface area contributed by atoms with Crippen LogP contribution in [0.1, 0.15) is 58.8 Å². The summed E-state index contributed by atoms with van der Waals surface area (Å²) in [5.41, 5.74) is 0. The predicted octanol–water partition coefficient (Wildman–Crippen LogP) is 2.91. The monoisotopic (exact) mass is 281 g/mol. The molecule has 2 rings (SSSR count). The number of rotatable bonds is 4. The van der Waals surface area contributed by atoms with Gasteiger partial charge in [0.05, 0.1) is 0 Å². The minimum Gasteiger partial charge on any atom is -0.480 e. The number of carboxylic acids is 1. The van der Waals surface area contributed by atoms with E-state index in [2.05, 4.69) is 6.92 Å². The SMILES string of the molecule is CC1CCN(C(=O)C(C)CC2CCCC2)C(C(=O)O)C1. The molecule has 4 nitrogen and oxygen atoms in total. The molecule has 1 saturated carbocycles. The van der Waals surface area contributed by atoms with Gasteiger partial charge in [-0.25, -0.2) is 4.79 Å². The Morgan fingerprint density at radius 1 is 1.25 bits per heavy atom. The van der Waals surface area contributed by atoms with Crippen LogP contribution < -0.4 is 0 Å². The highest BCUT2D eigenvalue weighted by molar-refractivity contribution is 5.85. The molecule has 1 saturated heterocycles. The number of carbonyl (C=O) groups is 2. The summed E-state index contributed by atoms with van der Waals surface area (Å²) >= 11 is 0. The Bertz CT molecular complexity index is 363. The lowest BCUT2D eigenvalue weighted by Gasteiger charge is -2.37. The highest BCUT2D eigenvalue weighted by Crippen LogP contribution is 2.32. The normalized spacial score (nSPS) is 29.4. The largest absolute Gasteiger partial charge is 0.480 e. The van der Waals surface area contributed by atoms with Crippen LogP contribution in [0.3, 0.4) is 0 Å². The van der Waals surface area contributed by atoms with Gasteiger partial charge in [-0.15, -0.1) is 0 Å². The Hall–Kier alpha value is -1.06. The fourth-order valence-corrected chi connectivity index (χ4v) is 3.77. The molecule has 1 aliphatic carbocycles. The van der Waals surface area contributed by atoms with Crippen LogP contribution >= 0.6 is 0 Å². The molecule has 1 heterocycles. The van der Waals surface area contributed by atoms with Crippen LogP contribution in [0.25, 0.3) is 0 Å². The third kappa shape index (κ3) is 3.53. The molecule has 2 fully saturated rings. The van der Waals surface area contributed by atoms with Crippen LogP contribution in [-0.2, 0) is 9.59 Å². The van der Waals surface area contributed by atoms with E-state index >= 15 is 0 Å². The maximum Gasteiger partial charge on any atom is 0.326 e. The Kier molecular flexibility index (Phi) is 5.06. The van der Waals surface area contributed by atoms with E-state index in [1.165, 1.54) is 25.7 Å². The van der Waals surface area contributed by atoms with Crippen molar-refractivity contribution in [2.45, 2.75) is 64.8 Å². The lowest BCUT2D eigenvalue weighted by molar-refractivity contribution is -0.155. The minimum atomic E-state index is -0.849. The molecule has 1 aliphatic heterocycles. The molecular formula is C16H27NO3. The summed E-state index contributed by atoms with van der Waals surface area (Å²) in [4.78, 5) is 25.6. The molecule has 0 spiro atoms. The number of carboxylic acid groups (broad SMARTS) is 1. The van der Waals surface area contributed by atoms with Gasteiger partial charge in [-0.3, -0.25) is 4.79 Å². The smallest absolute Gasteiger partial charge is 0.326 e. The predicted molar refractivity (Wildman–Crippen MR) is 77.3 cm³/mol. The maximum absolute atomic E-state index is 12.6. The van der Waals surface area contributed by atoms with E-state index in [0.29, 0.717) is 24.8 Å². The summed E-state index contributed by atoms with van der Waals surface area (Å²) in [5.74, 6) is 0.230. The van der Waals surface area contributed by atoms with Crippen molar-refractivity contribution >= 4 is 11.9 Å². The quantitative estimate of drug-likeness (QED) is 0.862. The van der Waals surface area contributed by atoms with Gasteiger partial charge < -0.3 is 10.0 Å². The second kappa shape index (κ2) is 6.59. The van der Waals surface area contributed by atoms with E-state index in [9.17, 15) is 14.7 Å². The molecule has 1 N–H and O–H groups in total. The van der Waals surface area contributed by atoms with Crippen LogP contribution in [0.5, 0.6) is 0 Å². The van der Waals surface area contributed by atoms with Gasteiger partial charge in [0, 0.05) is 12.5 Å². The van der Waals surface area contributed by atoms with E-state index in [1.54, 1.807) is 4.90 Å². The first-order valence-corrected chi connectivity index (χ1v) is 8.02. The van der Waals surface area contributed by atoms with E-state index < -0.39 is 12.0 Å². The highest BCUT2D eigenvalue weighted by atomic mass is 16.4. The second-order valence-electron chi connectivity index (χ2n) is 6.80. The molecule has 0 aromatic heterocycles. The van der Waals surface area contributed by atoms with E-state index in [1.807, 2.05) is 6.92 Å². The average Bonchev–Trinajstić information content (AvgIpc) is 2.90. The van der Waals surface area contributed by atoms with Crippen LogP contribution in [0.15, 0.2) is 0 Å². The number of likely N-dealkylation sites (tertiary alicyclic amines) is 1. The lowest BCUT2D eigenvalue weighted by atomic mass is 9.89. The van der Waals surface area contributed by atoms with Gasteiger partial charge in [-0.05, 0) is 31.1 Å². The average molecular weight is 281 g/mol. The van der Waals surface area contributed by atoms with Gasteiger partial charge in [-0.2, -0.15) is 0 Å². The number of hydrogen-bond acceptors (Lipinski definition) is 2. The Morgan fingerprint density at radius 3 is 2.50 bits per heavy atom. The molecular weight excluding hydrogens is 254 g/mol. The van der Waals surface area contributed by atoms with Gasteiger partial charge >= 0.3 is 5.97 Å². The highest BCUT2D eigenvalue weighted by Gasteiger charge is 2.36. The molecule has 3 unspecified atom stereocenters. The molecule has 0 radical (unpaired) electrons. The molecule has 4 heteroatoms. The van der Waals surface area contributed by atoms with Gasteiger partial charge in [0.25, 0.3) is 0 Å². The standard InChI is InChI=1S/C16H27NO3/c1-11-7-8-17(14(9-11)16(19)20)15(18)12(2)10-13-5-3-4-6-13/h11-14H,3-10H2,1-2H3,(H,19,20). The number of amides is 1. The van der Waals surface area contributed by atoms with Gasteiger partial charge in [0.15, 0.2) is 0 Å². The zero-order chi connectivity index (χ0) is 14.7. The number of aliphatic carboxylic acids is 1. The first-order valence-electron chi connectivity index (χ1n) is 8.02. The maximum atomic E-state index is 12.6. The molecule has 2 aliphatic rings. The van der Waals surface area contributed by atoms with Crippen molar-refractivity contribution in [1.82, 2.24) is 4.90 Å². The van der Waals surface area contributed by atoms with Crippen molar-refractivity contribution in [3.8, 4) is 0 Å². The topological polar surface area (TPSA) is 57.6 Å². The van der Waals surface area contributed by atoms with Crippen LogP contribution in [0, 0.1) is 17.8 Å². The van der Waals surface area contributed by atoms with Crippen LogP contribution in [-0.4, -0.2) is 34.5 Å². The van der Waals surface area contributed by atoms with Crippen molar-refractivity contribution < 1.29 is 14.7 Å². The van der Waals surface area contributed by atoms with E-state index in [4.69, 9.17) is 0 Å². The molecule has 114 valence electrons. The molecule has 20 heavy (non-hydrogen) atoms. The Balaban J connectivity index is 1.96. The second-order valence-corrected chi connectivity index (χ2v) is 6.80. The Labute approximate surface area is 121 Å². The fourth-order valence-electron chi connectivity index (χ4n) is 3.77. The van der Waals surface area contributed by atoms with Crippen molar-refractivity contribution in [1.29, 1.82) is 0 Å². The number of hydrogen-bond donors (Lipinski definition) is 1. The van der Waals surface area contributed by atoms with Crippen molar-refractivity contribution in [2.75, 3.05) is 6.54 Å². The van der Waals surface area contributed by atoms with Crippen LogP contribution in [0.2, 0.25) is 0 Å². The third-order valence-electron chi connectivity index (χ3n) is 5.02. The van der Waals surface area contributed by atoms with E-state index in [0.717, 1.165) is 12.8 Å². The third-order valence-corrected chi connectivity index (χ3v) is 5.02. The zero-order valence-electron chi connectivity index (χ0n) is 12.7. The van der Waals surface area contributed by atoms with Crippen molar-refractivity contribution in [3.63, 3.8) is 0 Å². The molecule has 0 aromatic rings. The summed E-state index contributed by atoms with van der Waals surface area (Å²) in [6.45, 7) is 4.64. The minimum absolute atomic E-state index is 0.0339. The summed E-state index contributed by atoms with van der Waals surface area (Å²) in [5, 5.41) is 9.35. The first-order chi connectivity index (χ1) is 9.49. The number of nitrogens with zero attached hydrogens (tertiary/aromatic N) is 1. The molecule has 0 bridgehead atoms.